The second kappa shape index (κ2) is 39.5. The molecule has 4 heterocycles. The van der Waals surface area contributed by atoms with Gasteiger partial charge in [0, 0.05) is 91.8 Å². The van der Waals surface area contributed by atoms with Gasteiger partial charge in [-0.1, -0.05) is 85.5 Å². The number of aliphatic hydroxyl groups excluding tert-OH is 3. The molecule has 18 unspecified atom stereocenters. The maximum absolute atomic E-state index is 12.7. The van der Waals surface area contributed by atoms with Gasteiger partial charge in [0.05, 0.1) is 0 Å². The fourth-order valence-corrected chi connectivity index (χ4v) is 9.83. The number of rotatable bonds is 36. The number of carbonyl (C=O) groups is 13. The minimum Gasteiger partial charge on any atom is -0.460 e. The minimum absolute atomic E-state index is 0.603. The Labute approximate surface area is 560 Å². The Bertz CT molecular complexity index is 3100. The van der Waals surface area contributed by atoms with Crippen LogP contribution in [0.2, 0.25) is 0 Å². The average molecular weight is 1380 g/mol. The van der Waals surface area contributed by atoms with Crippen LogP contribution in [0.15, 0.2) is 165 Å². The molecule has 4 saturated heterocycles. The van der Waals surface area contributed by atoms with Crippen LogP contribution in [-0.2, 0) is 143 Å². The summed E-state index contributed by atoms with van der Waals surface area (Å²) in [6.45, 7) is 38.9. The van der Waals surface area contributed by atoms with Crippen molar-refractivity contribution < 1.29 is 158 Å². The zero-order valence-electron chi connectivity index (χ0n) is 52.7. The average Bonchev–Trinajstić information content (AvgIpc) is 1.55. The number of hydrogen-bond acceptors (Lipinski definition) is 33. The standard InChI is InChI=1S/C34H38O17.C31H36O16/c1-8-22(35)43-16-20-31(48-26(39)12-5)29(42)30(47-25(38)11-4)19(46-20)15-34(18-45-24(37)10-3)33(50-28(41)14-7)32(49-27(40)13-6)21(51-34)17-44-23(36)9-2;1-7-20(32)40-14-18-26(38)30(46-25(37)12-6)31(47-18,16-42-22(34)9-3)13-17-28(44-23(35)10-4)27(39)29(45-24(36)11-5)19(43-17)15-41-21(33)8-2/h8-14,19-21,29-33,42H,1-7,15-18H2;7-12,17-19,26-30,38-39H,1-6,13-16H2. The van der Waals surface area contributed by atoms with Crippen LogP contribution in [-0.4, -0.2) is 241 Å². The van der Waals surface area contributed by atoms with Gasteiger partial charge < -0.3 is 95.8 Å². The number of aliphatic hydroxyl groups is 3. The molecule has 0 bridgehead atoms. The van der Waals surface area contributed by atoms with Crippen LogP contribution in [0.3, 0.4) is 0 Å². The van der Waals surface area contributed by atoms with E-state index in [1.165, 1.54) is 0 Å². The van der Waals surface area contributed by atoms with Crippen molar-refractivity contribution >= 4 is 77.6 Å². The van der Waals surface area contributed by atoms with E-state index in [4.69, 9.17) is 80.5 Å². The maximum atomic E-state index is 12.7. The van der Waals surface area contributed by atoms with Gasteiger partial charge in [-0.3, -0.25) is 0 Å². The molecule has 4 fully saturated rings. The van der Waals surface area contributed by atoms with E-state index in [0.29, 0.717) is 0 Å². The van der Waals surface area contributed by atoms with Gasteiger partial charge in [-0.2, -0.15) is 0 Å². The summed E-state index contributed by atoms with van der Waals surface area (Å²) >= 11 is 0. The molecule has 0 spiro atoms. The van der Waals surface area contributed by atoms with Crippen LogP contribution in [0, 0.1) is 0 Å². The van der Waals surface area contributed by atoms with E-state index in [1.807, 2.05) is 0 Å². The molecule has 98 heavy (non-hydrogen) atoms. The molecule has 33 nitrogen and oxygen atoms in total. The van der Waals surface area contributed by atoms with E-state index in [9.17, 15) is 77.6 Å². The van der Waals surface area contributed by atoms with E-state index in [1.54, 1.807) is 0 Å². The van der Waals surface area contributed by atoms with E-state index >= 15 is 0 Å². The van der Waals surface area contributed by atoms with Crippen molar-refractivity contribution in [1.82, 2.24) is 0 Å². The molecule has 0 aromatic heterocycles. The molecular weight excluding hydrogens is 1310 g/mol. The van der Waals surface area contributed by atoms with E-state index in [0.717, 1.165) is 79.0 Å². The third-order valence-electron chi connectivity index (χ3n) is 14.2. The Balaban J connectivity index is 0.000000512. The van der Waals surface area contributed by atoms with Gasteiger partial charge in [0.1, 0.15) is 106 Å². The smallest absolute Gasteiger partial charge is 0.330 e. The van der Waals surface area contributed by atoms with Gasteiger partial charge >= 0.3 is 77.6 Å². The Kier molecular flexibility index (Phi) is 32.9. The van der Waals surface area contributed by atoms with Crippen molar-refractivity contribution in [3.63, 3.8) is 0 Å². The zero-order chi connectivity index (χ0) is 73.6. The van der Waals surface area contributed by atoms with Crippen molar-refractivity contribution in [2.24, 2.45) is 0 Å². The highest BCUT2D eigenvalue weighted by Crippen LogP contribution is 2.45. The first-order valence-corrected chi connectivity index (χ1v) is 28.8. The molecule has 0 radical (unpaired) electrons. The molecule has 0 aromatic carbocycles. The second-order valence-electron chi connectivity index (χ2n) is 20.4. The van der Waals surface area contributed by atoms with Gasteiger partial charge in [-0.05, 0) is 0 Å². The SMILES string of the molecule is C=CC(=O)OCC1OC(CC2(COC(=O)C=C)OC(COC(=O)C=C)C(OC(=O)C=C)C2OC(=O)C=C)C(OC(=O)C=C)C(O)C1OC(=O)C=C.C=CC(=O)OCC1OC(COC(=O)C=C)(CC2OC(COC(=O)C=C)C(OC(=O)C=C)C(O)C2OC(=O)C=C)C(OC(=O)C=C)C1O. The van der Waals surface area contributed by atoms with Crippen molar-refractivity contribution in [2.45, 2.75) is 122 Å². The van der Waals surface area contributed by atoms with Gasteiger partial charge in [0.2, 0.25) is 0 Å². The lowest BCUT2D eigenvalue weighted by molar-refractivity contribution is -0.259. The van der Waals surface area contributed by atoms with Gasteiger partial charge in [0.25, 0.3) is 0 Å². The summed E-state index contributed by atoms with van der Waals surface area (Å²) in [5.41, 5.74) is -4.25. The van der Waals surface area contributed by atoms with E-state index in [-0.39, 0.29) is 0 Å². The van der Waals surface area contributed by atoms with Crippen LogP contribution in [0.25, 0.3) is 0 Å². The third kappa shape index (κ3) is 22.8. The van der Waals surface area contributed by atoms with Crippen molar-refractivity contribution in [1.29, 1.82) is 0 Å². The summed E-state index contributed by atoms with van der Waals surface area (Å²) in [6, 6.07) is 0. The molecule has 0 amide bonds. The van der Waals surface area contributed by atoms with Crippen LogP contribution >= 0.6 is 0 Å². The number of esters is 13. The molecule has 532 valence electrons. The third-order valence-corrected chi connectivity index (χ3v) is 14.2. The first kappa shape index (κ1) is 81.7. The molecule has 0 saturated carbocycles. The van der Waals surface area contributed by atoms with Crippen molar-refractivity contribution in [3.05, 3.63) is 165 Å². The highest BCUT2D eigenvalue weighted by atomic mass is 16.7. The lowest BCUT2D eigenvalue weighted by atomic mass is 9.83. The highest BCUT2D eigenvalue weighted by Gasteiger charge is 2.65. The van der Waals surface area contributed by atoms with Crippen LogP contribution in [0.4, 0.5) is 0 Å². The normalized spacial score (nSPS) is 28.6. The largest absolute Gasteiger partial charge is 0.460 e. The number of carbonyl (C=O) groups excluding carboxylic acids is 13. The Morgan fingerprint density at radius 3 is 0.827 bits per heavy atom. The molecule has 4 aliphatic rings. The summed E-state index contributed by atoms with van der Waals surface area (Å²) in [7, 11) is 0. The Morgan fingerprint density at radius 1 is 0.276 bits per heavy atom. The Morgan fingerprint density at radius 2 is 0.510 bits per heavy atom. The highest BCUT2D eigenvalue weighted by molar-refractivity contribution is 5.86. The summed E-state index contributed by atoms with van der Waals surface area (Å²) in [4.78, 5) is 159. The molecular formula is C65H74O33. The van der Waals surface area contributed by atoms with Crippen LogP contribution in [0.1, 0.15) is 12.8 Å². The second-order valence-corrected chi connectivity index (χ2v) is 20.4. The lowest BCUT2D eigenvalue weighted by Crippen LogP contribution is -2.63. The summed E-state index contributed by atoms with van der Waals surface area (Å²) in [5.74, 6) is -13.0. The van der Waals surface area contributed by atoms with Gasteiger partial charge in [-0.15, -0.1) is 0 Å². The lowest BCUT2D eigenvalue weighted by Gasteiger charge is -2.46. The fraction of sp³-hybridized carbons (Fsp3) is 0.400. The predicted octanol–water partition coefficient (Wildman–Crippen LogP) is -0.294. The minimum atomic E-state index is -2.16. The summed E-state index contributed by atoms with van der Waals surface area (Å²) < 4.78 is 93.3. The Hall–Kier alpha value is -10.6. The quantitative estimate of drug-likeness (QED) is 0.0412. The molecule has 33 heteroatoms. The molecule has 3 N–H and O–H groups in total. The molecule has 0 aromatic rings. The van der Waals surface area contributed by atoms with E-state index < -0.39 is 239 Å². The molecule has 0 aliphatic carbocycles. The van der Waals surface area contributed by atoms with Crippen molar-refractivity contribution in [3.8, 4) is 0 Å². The first-order valence-electron chi connectivity index (χ1n) is 28.8. The topological polar surface area (TPSA) is 440 Å². The van der Waals surface area contributed by atoms with Gasteiger partial charge in [-0.25, -0.2) is 62.3 Å². The van der Waals surface area contributed by atoms with Crippen LogP contribution in [0.5, 0.6) is 0 Å². The van der Waals surface area contributed by atoms with E-state index in [2.05, 4.69) is 85.5 Å². The number of hydrogen-bond donors (Lipinski definition) is 3. The van der Waals surface area contributed by atoms with Crippen LogP contribution < -0.4 is 0 Å². The summed E-state index contributed by atoms with van der Waals surface area (Å²) in [6.07, 6.45) is -17.3. The fourth-order valence-electron chi connectivity index (χ4n) is 9.83. The monoisotopic (exact) mass is 1380 g/mol. The first-order chi connectivity index (χ1) is 46.5. The molecule has 4 aliphatic heterocycles. The maximum Gasteiger partial charge on any atom is 0.330 e. The molecule has 18 atom stereocenters. The van der Waals surface area contributed by atoms with Crippen molar-refractivity contribution in [2.75, 3.05) is 39.6 Å². The predicted molar refractivity (Wildman–Crippen MR) is 327 cm³/mol. The zero-order valence-corrected chi connectivity index (χ0v) is 52.7. The summed E-state index contributed by atoms with van der Waals surface area (Å²) in [5, 5.41) is 34.1. The number of ether oxygens (including phenoxy) is 17. The molecule has 4 rings (SSSR count). The van der Waals surface area contributed by atoms with Gasteiger partial charge in [0.15, 0.2) is 42.7 Å².